The van der Waals surface area contributed by atoms with E-state index in [0.717, 1.165) is 10.8 Å². The van der Waals surface area contributed by atoms with E-state index in [1.807, 2.05) is 30.3 Å². The zero-order chi connectivity index (χ0) is 37.9. The zero-order valence-corrected chi connectivity index (χ0v) is 22.3. The van der Waals surface area contributed by atoms with Crippen molar-refractivity contribution in [1.29, 1.82) is 0 Å². The molecular weight excluding hydrogens is 526 g/mol. The van der Waals surface area contributed by atoms with Crippen LogP contribution in [0.25, 0.3) is 65.8 Å². The van der Waals surface area contributed by atoms with Gasteiger partial charge in [-0.15, -0.1) is 0 Å². The lowest BCUT2D eigenvalue weighted by Crippen LogP contribution is -2.09. The van der Waals surface area contributed by atoms with E-state index >= 15 is 0 Å². The topological polar surface area (TPSA) is 29.5 Å². The maximum absolute atomic E-state index is 9.40. The summed E-state index contributed by atoms with van der Waals surface area (Å²) in [6.07, 6.45) is 0. The van der Waals surface area contributed by atoms with Crippen LogP contribution >= 0.6 is 0 Å². The fraction of sp³-hybridized carbons (Fsp3) is 0. The summed E-state index contributed by atoms with van der Waals surface area (Å²) in [6, 6.07) is 21.1. The summed E-state index contributed by atoms with van der Waals surface area (Å²) in [7, 11) is 0. The van der Waals surface area contributed by atoms with E-state index in [-0.39, 0.29) is 69.3 Å². The van der Waals surface area contributed by atoms with E-state index in [1.165, 1.54) is 6.07 Å². The van der Waals surface area contributed by atoms with Crippen molar-refractivity contribution >= 4 is 71.7 Å². The largest absolute Gasteiger partial charge is 0.456 e. The highest BCUT2D eigenvalue weighted by atomic mass is 16.3. The lowest BCUT2D eigenvalue weighted by atomic mass is 9.98. The van der Waals surface area contributed by atoms with E-state index in [4.69, 9.17) is 22.5 Å². The van der Waals surface area contributed by atoms with Crippen molar-refractivity contribution in [3.63, 3.8) is 0 Å². The quantitative estimate of drug-likeness (QED) is 0.214. The molecule has 43 heavy (non-hydrogen) atoms. The van der Waals surface area contributed by atoms with Gasteiger partial charge < -0.3 is 13.7 Å². The Hall–Kier alpha value is -5.80. The molecule has 2 aromatic heterocycles. The molecule has 0 atom stereocenters. The molecule has 0 unspecified atom stereocenters. The Morgan fingerprint density at radius 1 is 0.465 bits per heavy atom. The first-order valence-corrected chi connectivity index (χ1v) is 13.6. The van der Waals surface area contributed by atoms with Crippen molar-refractivity contribution < 1.29 is 23.9 Å². The fourth-order valence-corrected chi connectivity index (χ4v) is 5.69. The van der Waals surface area contributed by atoms with Gasteiger partial charge in [0.15, 0.2) is 0 Å². The van der Waals surface area contributed by atoms with Gasteiger partial charge in [-0.1, -0.05) is 84.8 Å². The molecule has 0 bridgehead atoms. The molecule has 3 nitrogen and oxygen atoms in total. The summed E-state index contributed by atoms with van der Waals surface area (Å²) in [5.41, 5.74) is 3.28. The molecule has 0 saturated carbocycles. The van der Waals surface area contributed by atoms with Crippen molar-refractivity contribution in [3.8, 4) is 11.1 Å². The van der Waals surface area contributed by atoms with Gasteiger partial charge in [0.1, 0.15) is 22.3 Å². The maximum atomic E-state index is 9.40. The normalized spacial score (nSPS) is 15.3. The van der Waals surface area contributed by atoms with E-state index in [2.05, 4.69) is 0 Å². The Morgan fingerprint density at radius 3 is 2.12 bits per heavy atom. The molecule has 3 heteroatoms. The van der Waals surface area contributed by atoms with Crippen molar-refractivity contribution in [2.75, 3.05) is 4.90 Å². The Morgan fingerprint density at radius 2 is 1.21 bits per heavy atom. The van der Waals surface area contributed by atoms with Gasteiger partial charge in [0.25, 0.3) is 0 Å². The van der Waals surface area contributed by atoms with Crippen molar-refractivity contribution in [2.24, 2.45) is 0 Å². The summed E-state index contributed by atoms with van der Waals surface area (Å²) in [5, 5.41) is 2.80. The molecule has 0 spiro atoms. The second-order valence-corrected chi connectivity index (χ2v) is 10.1. The van der Waals surface area contributed by atoms with Crippen LogP contribution in [0.2, 0.25) is 0 Å². The minimum Gasteiger partial charge on any atom is -0.456 e. The predicted octanol–water partition coefficient (Wildman–Crippen LogP) is 11.8. The van der Waals surface area contributed by atoms with E-state index < -0.39 is 30.2 Å². The number of anilines is 3. The number of fused-ring (bicyclic) bond motifs is 8. The number of rotatable bonds is 4. The van der Waals surface area contributed by atoms with E-state index in [1.54, 1.807) is 53.4 Å². The van der Waals surface area contributed by atoms with Gasteiger partial charge in [-0.2, -0.15) is 0 Å². The molecule has 0 aliphatic carbocycles. The van der Waals surface area contributed by atoms with Gasteiger partial charge in [0.05, 0.1) is 15.1 Å². The summed E-state index contributed by atoms with van der Waals surface area (Å²) < 4.78 is 107. The molecular formula is C40H25NO2. The van der Waals surface area contributed by atoms with Crippen LogP contribution in [0.3, 0.4) is 0 Å². The molecule has 0 aliphatic heterocycles. The Kier molecular flexibility index (Phi) is 3.36. The van der Waals surface area contributed by atoms with Gasteiger partial charge in [-0.3, -0.25) is 0 Å². The predicted molar refractivity (Wildman–Crippen MR) is 179 cm³/mol. The van der Waals surface area contributed by atoms with Gasteiger partial charge in [-0.05, 0) is 82.5 Å². The molecule has 0 N–H and O–H groups in total. The average molecular weight is 563 g/mol. The highest BCUT2D eigenvalue weighted by Crippen LogP contribution is 2.40. The van der Waals surface area contributed by atoms with Crippen LogP contribution in [0, 0.1) is 0 Å². The van der Waals surface area contributed by atoms with Crippen LogP contribution in [0.5, 0.6) is 0 Å². The van der Waals surface area contributed by atoms with Gasteiger partial charge >= 0.3 is 0 Å². The van der Waals surface area contributed by atoms with Gasteiger partial charge in [0.2, 0.25) is 0 Å². The number of nitrogens with zero attached hydrogens (tertiary/aromatic N) is 1. The molecule has 7 aromatic carbocycles. The lowest BCUT2D eigenvalue weighted by Gasteiger charge is -2.25. The number of furan rings is 2. The van der Waals surface area contributed by atoms with E-state index in [9.17, 15) is 1.37 Å². The van der Waals surface area contributed by atoms with E-state index in [0.29, 0.717) is 39.1 Å². The van der Waals surface area contributed by atoms with Crippen LogP contribution in [-0.2, 0) is 0 Å². The summed E-state index contributed by atoms with van der Waals surface area (Å²) in [4.78, 5) is 1.58. The number of para-hydroxylation sites is 3. The van der Waals surface area contributed by atoms with Gasteiger partial charge in [0, 0.05) is 44.7 Å². The van der Waals surface area contributed by atoms with Crippen molar-refractivity contribution in [2.45, 2.75) is 0 Å². The molecule has 202 valence electrons. The SMILES string of the molecule is [2H]c1cc2oc3c([2H])c([2H])c4ccc(-c5ccc(N(c6ccc7c(c6)oc6ccccc67)c6c([2H])c([2H])c([2H])c([2H])c6[2H])cc5)c([2H])c4c3c2c([2H])c1[2H]. The third-order valence-electron chi connectivity index (χ3n) is 7.67. The van der Waals surface area contributed by atoms with Gasteiger partial charge in [-0.25, -0.2) is 0 Å². The number of hydrogen-bond acceptors (Lipinski definition) is 3. The second kappa shape index (κ2) is 9.37. The third-order valence-corrected chi connectivity index (χ3v) is 7.67. The molecule has 0 amide bonds. The second-order valence-electron chi connectivity index (χ2n) is 10.1. The molecule has 0 fully saturated rings. The zero-order valence-electron chi connectivity index (χ0n) is 33.3. The minimum absolute atomic E-state index is 0.000133. The molecule has 0 aliphatic rings. The highest BCUT2D eigenvalue weighted by Gasteiger charge is 2.16. The third kappa shape index (κ3) is 3.83. The number of benzene rings is 7. The van der Waals surface area contributed by atoms with Crippen LogP contribution in [0.1, 0.15) is 15.1 Å². The molecule has 2 heterocycles. The Bertz CT molecular complexity index is 3050. The Balaban J connectivity index is 1.25. The number of hydrogen-bond donors (Lipinski definition) is 0. The van der Waals surface area contributed by atoms with Crippen molar-refractivity contribution in [3.05, 3.63) is 151 Å². The highest BCUT2D eigenvalue weighted by molar-refractivity contribution is 6.19. The first-order chi connectivity index (χ1) is 25.9. The molecule has 0 radical (unpaired) electrons. The van der Waals surface area contributed by atoms with Crippen LogP contribution < -0.4 is 4.90 Å². The summed E-state index contributed by atoms with van der Waals surface area (Å²) >= 11 is 0. The first-order valence-electron chi connectivity index (χ1n) is 19.1. The van der Waals surface area contributed by atoms with Crippen molar-refractivity contribution in [1.82, 2.24) is 0 Å². The minimum atomic E-state index is -0.513. The maximum Gasteiger partial charge on any atom is 0.137 e. The fourth-order valence-electron chi connectivity index (χ4n) is 5.69. The summed E-state index contributed by atoms with van der Waals surface area (Å²) in [6.45, 7) is 0. The standard InChI is InChI=1S/C40H25NO2/c1-2-8-29(9-3-1)41(31-21-22-33-32-10-4-6-12-36(32)43-39(33)25-31)30-19-16-26(17-20-30)28-15-14-27-18-23-38-40(35(27)24-28)34-11-5-7-13-37(34)42-38/h1-25H/i1D,2D,3D,5D,7D,8D,9D,11D,18D,23D,24D. The first kappa shape index (κ1) is 15.4. The monoisotopic (exact) mass is 562 g/mol. The summed E-state index contributed by atoms with van der Waals surface area (Å²) in [5.74, 6) is 0. The van der Waals surface area contributed by atoms with Crippen LogP contribution in [0.15, 0.2) is 160 Å². The molecule has 9 aromatic rings. The van der Waals surface area contributed by atoms with Crippen LogP contribution in [0.4, 0.5) is 17.1 Å². The smallest absolute Gasteiger partial charge is 0.137 e. The molecule has 0 saturated heterocycles. The average Bonchev–Trinajstić information content (AvgIpc) is 3.74. The molecule has 9 rings (SSSR count). The Labute approximate surface area is 263 Å². The lowest BCUT2D eigenvalue weighted by molar-refractivity contribution is 0.668. The van der Waals surface area contributed by atoms with Crippen LogP contribution in [-0.4, -0.2) is 0 Å².